The molecule has 0 radical (unpaired) electrons. The Morgan fingerprint density at radius 3 is 2.64 bits per heavy atom. The molecule has 1 aliphatic carbocycles. The summed E-state index contributed by atoms with van der Waals surface area (Å²) >= 11 is 0. The standard InChI is InChI=1S/C22H29N5O/c28-22(19-13-24-21(25-14-19)18-8-4-10-23-12-18)26-20-9-5-11-27(16-20)15-17-6-2-1-3-7-17/h4,8,10,12-14,17,20H,1-3,5-7,9,11,15-16H2,(H,26,28)/t20-/m0/s1. The van der Waals surface area contributed by atoms with Crippen LogP contribution in [0.2, 0.25) is 0 Å². The number of aromatic nitrogens is 3. The van der Waals surface area contributed by atoms with E-state index in [4.69, 9.17) is 0 Å². The zero-order valence-corrected chi connectivity index (χ0v) is 16.4. The van der Waals surface area contributed by atoms with Gasteiger partial charge in [0.2, 0.25) is 0 Å². The van der Waals surface area contributed by atoms with Gasteiger partial charge in [-0.3, -0.25) is 9.78 Å². The molecule has 1 atom stereocenters. The number of piperidine rings is 1. The van der Waals surface area contributed by atoms with Gasteiger partial charge in [-0.25, -0.2) is 9.97 Å². The number of carbonyl (C=O) groups excluding carboxylic acids is 1. The van der Waals surface area contributed by atoms with Crippen LogP contribution in [0.5, 0.6) is 0 Å². The Hall–Kier alpha value is -2.34. The van der Waals surface area contributed by atoms with Crippen molar-refractivity contribution in [3.8, 4) is 11.4 Å². The van der Waals surface area contributed by atoms with Gasteiger partial charge < -0.3 is 10.2 Å². The third kappa shape index (κ3) is 4.93. The summed E-state index contributed by atoms with van der Waals surface area (Å²) in [6.45, 7) is 3.30. The fourth-order valence-corrected chi connectivity index (χ4v) is 4.43. The predicted octanol–water partition coefficient (Wildman–Crippen LogP) is 3.31. The summed E-state index contributed by atoms with van der Waals surface area (Å²) in [6.07, 6.45) is 15.7. The number of nitrogens with one attached hydrogen (secondary N) is 1. The first kappa shape index (κ1) is 19.0. The largest absolute Gasteiger partial charge is 0.348 e. The Bertz CT molecular complexity index is 758. The fraction of sp³-hybridized carbons (Fsp3) is 0.545. The molecule has 1 amide bonds. The van der Waals surface area contributed by atoms with E-state index in [9.17, 15) is 4.79 Å². The van der Waals surface area contributed by atoms with E-state index in [2.05, 4.69) is 25.2 Å². The van der Waals surface area contributed by atoms with Gasteiger partial charge in [-0.2, -0.15) is 0 Å². The van der Waals surface area contributed by atoms with Crippen molar-refractivity contribution in [1.29, 1.82) is 0 Å². The van der Waals surface area contributed by atoms with Crippen molar-refractivity contribution >= 4 is 5.91 Å². The molecule has 4 rings (SSSR count). The lowest BCUT2D eigenvalue weighted by Gasteiger charge is -2.36. The second-order valence-corrected chi connectivity index (χ2v) is 8.11. The number of rotatable bonds is 5. The van der Waals surface area contributed by atoms with Gasteiger partial charge in [-0.15, -0.1) is 0 Å². The normalized spacial score (nSPS) is 21.4. The highest BCUT2D eigenvalue weighted by Crippen LogP contribution is 2.25. The summed E-state index contributed by atoms with van der Waals surface area (Å²) in [5.74, 6) is 1.35. The zero-order valence-electron chi connectivity index (χ0n) is 16.4. The molecule has 28 heavy (non-hydrogen) atoms. The molecular weight excluding hydrogens is 350 g/mol. The molecule has 0 bridgehead atoms. The second-order valence-electron chi connectivity index (χ2n) is 8.11. The maximum atomic E-state index is 12.6. The van der Waals surface area contributed by atoms with E-state index in [0.29, 0.717) is 11.4 Å². The van der Waals surface area contributed by atoms with Crippen LogP contribution in [0.1, 0.15) is 55.3 Å². The van der Waals surface area contributed by atoms with Crippen LogP contribution in [0.25, 0.3) is 11.4 Å². The Labute approximate surface area is 166 Å². The molecular formula is C22H29N5O. The molecule has 2 aromatic rings. The van der Waals surface area contributed by atoms with Crippen molar-refractivity contribution in [3.05, 3.63) is 42.5 Å². The molecule has 0 unspecified atom stereocenters. The van der Waals surface area contributed by atoms with Gasteiger partial charge in [0.05, 0.1) is 5.56 Å². The van der Waals surface area contributed by atoms with Crippen molar-refractivity contribution in [3.63, 3.8) is 0 Å². The lowest BCUT2D eigenvalue weighted by molar-refractivity contribution is 0.0889. The van der Waals surface area contributed by atoms with Crippen LogP contribution in [-0.2, 0) is 0 Å². The lowest BCUT2D eigenvalue weighted by Crippen LogP contribution is -2.49. The monoisotopic (exact) mass is 379 g/mol. The van der Waals surface area contributed by atoms with E-state index in [0.717, 1.165) is 37.4 Å². The highest BCUT2D eigenvalue weighted by Gasteiger charge is 2.24. The van der Waals surface area contributed by atoms with E-state index in [1.54, 1.807) is 24.8 Å². The molecule has 2 aliphatic rings. The maximum absolute atomic E-state index is 12.6. The van der Waals surface area contributed by atoms with Crippen LogP contribution in [0.15, 0.2) is 36.9 Å². The first-order valence-electron chi connectivity index (χ1n) is 10.5. The van der Waals surface area contributed by atoms with Crippen LogP contribution in [0.3, 0.4) is 0 Å². The number of pyridine rings is 1. The number of carbonyl (C=O) groups is 1. The molecule has 1 N–H and O–H groups in total. The highest BCUT2D eigenvalue weighted by molar-refractivity contribution is 5.93. The lowest BCUT2D eigenvalue weighted by atomic mass is 9.88. The van der Waals surface area contributed by atoms with Crippen molar-refractivity contribution in [2.45, 2.75) is 51.0 Å². The van der Waals surface area contributed by atoms with Gasteiger partial charge in [0.15, 0.2) is 5.82 Å². The third-order valence-electron chi connectivity index (χ3n) is 5.92. The molecule has 1 aliphatic heterocycles. The average molecular weight is 380 g/mol. The smallest absolute Gasteiger partial charge is 0.254 e. The van der Waals surface area contributed by atoms with Crippen LogP contribution in [-0.4, -0.2) is 51.4 Å². The molecule has 6 heteroatoms. The molecule has 1 saturated carbocycles. The van der Waals surface area contributed by atoms with E-state index in [1.165, 1.54) is 38.6 Å². The molecule has 2 fully saturated rings. The van der Waals surface area contributed by atoms with E-state index >= 15 is 0 Å². The van der Waals surface area contributed by atoms with Crippen LogP contribution < -0.4 is 5.32 Å². The quantitative estimate of drug-likeness (QED) is 0.863. The summed E-state index contributed by atoms with van der Waals surface area (Å²) in [5, 5.41) is 3.19. The highest BCUT2D eigenvalue weighted by atomic mass is 16.1. The minimum absolute atomic E-state index is 0.0812. The number of amides is 1. The summed E-state index contributed by atoms with van der Waals surface area (Å²) in [6, 6.07) is 3.97. The van der Waals surface area contributed by atoms with Crippen LogP contribution in [0, 0.1) is 5.92 Å². The van der Waals surface area contributed by atoms with Crippen LogP contribution in [0.4, 0.5) is 0 Å². The van der Waals surface area contributed by atoms with Crippen molar-refractivity contribution < 1.29 is 4.79 Å². The summed E-state index contributed by atoms with van der Waals surface area (Å²) < 4.78 is 0. The van der Waals surface area contributed by atoms with Gasteiger partial charge in [-0.1, -0.05) is 19.3 Å². The maximum Gasteiger partial charge on any atom is 0.254 e. The van der Waals surface area contributed by atoms with Gasteiger partial charge in [-0.05, 0) is 50.3 Å². The van der Waals surface area contributed by atoms with Crippen molar-refractivity contribution in [1.82, 2.24) is 25.2 Å². The summed E-state index contributed by atoms with van der Waals surface area (Å²) in [5.41, 5.74) is 1.36. The zero-order chi connectivity index (χ0) is 19.2. The first-order chi connectivity index (χ1) is 13.8. The Morgan fingerprint density at radius 1 is 1.07 bits per heavy atom. The molecule has 3 heterocycles. The molecule has 148 valence electrons. The molecule has 6 nitrogen and oxygen atoms in total. The molecule has 0 aromatic carbocycles. The van der Waals surface area contributed by atoms with Crippen molar-refractivity contribution in [2.24, 2.45) is 5.92 Å². The average Bonchev–Trinajstić information content (AvgIpc) is 2.75. The molecule has 0 spiro atoms. The Kier molecular flexibility index (Phi) is 6.27. The van der Waals surface area contributed by atoms with E-state index in [1.807, 2.05) is 12.1 Å². The number of nitrogens with zero attached hydrogens (tertiary/aromatic N) is 4. The molecule has 2 aromatic heterocycles. The predicted molar refractivity (Wildman–Crippen MR) is 109 cm³/mol. The molecule has 1 saturated heterocycles. The number of likely N-dealkylation sites (tertiary alicyclic amines) is 1. The Morgan fingerprint density at radius 2 is 1.89 bits per heavy atom. The van der Waals surface area contributed by atoms with Crippen LogP contribution >= 0.6 is 0 Å². The van der Waals surface area contributed by atoms with Gasteiger partial charge in [0.1, 0.15) is 0 Å². The van der Waals surface area contributed by atoms with Gasteiger partial charge in [0.25, 0.3) is 5.91 Å². The van der Waals surface area contributed by atoms with Gasteiger partial charge in [0, 0.05) is 49.5 Å². The fourth-order valence-electron chi connectivity index (χ4n) is 4.43. The minimum Gasteiger partial charge on any atom is -0.348 e. The first-order valence-corrected chi connectivity index (χ1v) is 10.5. The third-order valence-corrected chi connectivity index (χ3v) is 5.92. The second kappa shape index (κ2) is 9.24. The minimum atomic E-state index is -0.0812. The van der Waals surface area contributed by atoms with Crippen molar-refractivity contribution in [2.75, 3.05) is 19.6 Å². The Balaban J connectivity index is 1.31. The SMILES string of the molecule is O=C(N[C@H]1CCCN(CC2CCCCC2)C1)c1cnc(-c2cccnc2)nc1. The summed E-state index contributed by atoms with van der Waals surface area (Å²) in [4.78, 5) is 27.9. The number of hydrogen-bond donors (Lipinski definition) is 1. The van der Waals surface area contributed by atoms with Gasteiger partial charge >= 0.3 is 0 Å². The topological polar surface area (TPSA) is 71.0 Å². The van der Waals surface area contributed by atoms with E-state index < -0.39 is 0 Å². The van der Waals surface area contributed by atoms with E-state index in [-0.39, 0.29) is 11.9 Å². The number of hydrogen-bond acceptors (Lipinski definition) is 5. The summed E-state index contributed by atoms with van der Waals surface area (Å²) in [7, 11) is 0.